The number of rotatable bonds is 14. The van der Waals surface area contributed by atoms with E-state index >= 15 is 0 Å². The lowest BCUT2D eigenvalue weighted by molar-refractivity contribution is -0.252. The Morgan fingerprint density at radius 1 is 0.867 bits per heavy atom. The number of β-amino-alcohol motifs (C(OH)–C–C–N with tert-alkyl or cyclic N) is 1. The standard InChI is InChI=1S/C36H44N2O7/c39-24-25-12-14-27(15-13-25)33-20-32(23-38-17-16-31(40)22-38)44-36(45-33)30-9-5-8-29(19-30)28-7-4-6-26(18-28)21-37-34(41)10-2-1-3-11-35(42)43/h4-9,12-15,18-19,31-33,36,39-40H,1-3,10-11,16-17,20-24H2,(H,37,41)(H,42,43)/t31-,32+,33-,36-/m0/s1. The molecule has 0 aromatic heterocycles. The van der Waals surface area contributed by atoms with Crippen LogP contribution in [0.5, 0.6) is 0 Å². The number of carboxylic acid groups (broad SMARTS) is 1. The maximum Gasteiger partial charge on any atom is 0.303 e. The molecule has 2 aliphatic rings. The molecule has 45 heavy (non-hydrogen) atoms. The van der Waals surface area contributed by atoms with E-state index in [4.69, 9.17) is 14.6 Å². The van der Waals surface area contributed by atoms with E-state index in [1.54, 1.807) is 0 Å². The number of aliphatic carboxylic acids is 1. The number of hydrogen-bond acceptors (Lipinski definition) is 7. The van der Waals surface area contributed by atoms with Crippen molar-refractivity contribution in [1.29, 1.82) is 0 Å². The lowest BCUT2D eigenvalue weighted by Gasteiger charge is -2.38. The maximum absolute atomic E-state index is 12.3. The Hall–Kier alpha value is -3.60. The third-order valence-corrected chi connectivity index (χ3v) is 8.53. The number of aliphatic hydroxyl groups is 2. The molecule has 240 valence electrons. The van der Waals surface area contributed by atoms with E-state index in [0.717, 1.165) is 59.3 Å². The van der Waals surface area contributed by atoms with Gasteiger partial charge in [0, 0.05) is 51.0 Å². The van der Waals surface area contributed by atoms with Crippen molar-refractivity contribution in [2.45, 2.75) is 82.7 Å². The molecule has 0 spiro atoms. The van der Waals surface area contributed by atoms with Crippen molar-refractivity contribution in [1.82, 2.24) is 10.2 Å². The highest BCUT2D eigenvalue weighted by molar-refractivity contribution is 5.76. The zero-order valence-electron chi connectivity index (χ0n) is 25.6. The molecule has 2 heterocycles. The molecule has 1 amide bonds. The number of amides is 1. The Morgan fingerprint density at radius 3 is 2.36 bits per heavy atom. The molecule has 3 aromatic carbocycles. The zero-order valence-corrected chi connectivity index (χ0v) is 25.6. The average molecular weight is 617 g/mol. The second-order valence-electron chi connectivity index (χ2n) is 12.1. The van der Waals surface area contributed by atoms with Crippen molar-refractivity contribution >= 4 is 11.9 Å². The summed E-state index contributed by atoms with van der Waals surface area (Å²) < 4.78 is 13.1. The van der Waals surface area contributed by atoms with Gasteiger partial charge in [-0.3, -0.25) is 14.5 Å². The summed E-state index contributed by atoms with van der Waals surface area (Å²) in [7, 11) is 0. The first-order valence-electron chi connectivity index (χ1n) is 15.9. The van der Waals surface area contributed by atoms with Gasteiger partial charge in [-0.05, 0) is 59.2 Å². The summed E-state index contributed by atoms with van der Waals surface area (Å²) in [5, 5.41) is 31.3. The van der Waals surface area contributed by atoms with E-state index in [0.29, 0.717) is 38.8 Å². The molecule has 2 saturated heterocycles. The van der Waals surface area contributed by atoms with Gasteiger partial charge < -0.3 is 30.1 Å². The van der Waals surface area contributed by atoms with Gasteiger partial charge >= 0.3 is 5.97 Å². The third kappa shape index (κ3) is 9.69. The fourth-order valence-corrected chi connectivity index (χ4v) is 6.05. The van der Waals surface area contributed by atoms with Crippen LogP contribution in [0.3, 0.4) is 0 Å². The number of carbonyl (C=O) groups excluding carboxylic acids is 1. The minimum absolute atomic E-state index is 0.00596. The molecule has 0 saturated carbocycles. The van der Waals surface area contributed by atoms with Gasteiger partial charge in [0.1, 0.15) is 0 Å². The fraction of sp³-hybridized carbons (Fsp3) is 0.444. The van der Waals surface area contributed by atoms with Crippen LogP contribution in [0.25, 0.3) is 11.1 Å². The van der Waals surface area contributed by atoms with E-state index in [1.165, 1.54) is 0 Å². The zero-order chi connectivity index (χ0) is 31.6. The third-order valence-electron chi connectivity index (χ3n) is 8.53. The minimum atomic E-state index is -0.804. The van der Waals surface area contributed by atoms with Crippen molar-refractivity contribution in [3.63, 3.8) is 0 Å². The maximum atomic E-state index is 12.3. The van der Waals surface area contributed by atoms with Crippen LogP contribution in [-0.4, -0.2) is 63.9 Å². The van der Waals surface area contributed by atoms with Crippen LogP contribution < -0.4 is 5.32 Å². The molecule has 9 heteroatoms. The van der Waals surface area contributed by atoms with Gasteiger partial charge in [-0.15, -0.1) is 0 Å². The highest BCUT2D eigenvalue weighted by atomic mass is 16.7. The molecule has 5 rings (SSSR count). The molecule has 4 N–H and O–H groups in total. The number of likely N-dealkylation sites (tertiary alicyclic amines) is 1. The molecule has 0 bridgehead atoms. The van der Waals surface area contributed by atoms with Crippen LogP contribution in [0.15, 0.2) is 72.8 Å². The Kier molecular flexibility index (Phi) is 11.7. The molecule has 2 fully saturated rings. The Morgan fingerprint density at radius 2 is 1.62 bits per heavy atom. The number of ether oxygens (including phenoxy) is 2. The number of hydrogen-bond donors (Lipinski definition) is 4. The second-order valence-corrected chi connectivity index (χ2v) is 12.1. The van der Waals surface area contributed by atoms with Gasteiger partial charge in [-0.1, -0.05) is 67.1 Å². The summed E-state index contributed by atoms with van der Waals surface area (Å²) in [5.41, 5.74) is 5.83. The lowest BCUT2D eigenvalue weighted by atomic mass is 9.98. The SMILES string of the molecule is O=C(O)CCCCCC(=O)NCc1cccc(-c2cccc([C@H]3O[C@@H](CN4CC[C@H](O)C4)C[C@@H](c4ccc(CO)cc4)O3)c2)c1. The first kappa shape index (κ1) is 32.8. The molecule has 4 atom stereocenters. The molecule has 2 aliphatic heterocycles. The molecule has 9 nitrogen and oxygen atoms in total. The van der Waals surface area contributed by atoms with E-state index in [2.05, 4.69) is 28.4 Å². The topological polar surface area (TPSA) is 129 Å². The predicted molar refractivity (Wildman–Crippen MR) is 170 cm³/mol. The van der Waals surface area contributed by atoms with Gasteiger partial charge in [0.25, 0.3) is 0 Å². The van der Waals surface area contributed by atoms with Gasteiger partial charge in [0.2, 0.25) is 5.91 Å². The van der Waals surface area contributed by atoms with Gasteiger partial charge in [-0.25, -0.2) is 0 Å². The fourth-order valence-electron chi connectivity index (χ4n) is 6.05. The van der Waals surface area contributed by atoms with E-state index < -0.39 is 12.3 Å². The number of benzene rings is 3. The van der Waals surface area contributed by atoms with E-state index in [1.807, 2.05) is 54.6 Å². The average Bonchev–Trinajstić information content (AvgIpc) is 3.47. The van der Waals surface area contributed by atoms with Gasteiger partial charge in [0.05, 0.1) is 24.9 Å². The van der Waals surface area contributed by atoms with Crippen LogP contribution >= 0.6 is 0 Å². The van der Waals surface area contributed by atoms with Gasteiger partial charge in [-0.2, -0.15) is 0 Å². The summed E-state index contributed by atoms with van der Waals surface area (Å²) in [5.74, 6) is -0.843. The van der Waals surface area contributed by atoms with E-state index in [9.17, 15) is 19.8 Å². The van der Waals surface area contributed by atoms with Crippen LogP contribution in [0.4, 0.5) is 0 Å². The van der Waals surface area contributed by atoms with Crippen molar-refractivity contribution in [3.8, 4) is 11.1 Å². The molecular formula is C36H44N2O7. The molecule has 0 radical (unpaired) electrons. The van der Waals surface area contributed by atoms with Crippen LogP contribution in [0, 0.1) is 0 Å². The van der Waals surface area contributed by atoms with Crippen molar-refractivity contribution in [2.24, 2.45) is 0 Å². The first-order valence-corrected chi connectivity index (χ1v) is 15.9. The summed E-state index contributed by atoms with van der Waals surface area (Å²) >= 11 is 0. The number of carbonyl (C=O) groups is 2. The van der Waals surface area contributed by atoms with Crippen molar-refractivity contribution in [2.75, 3.05) is 19.6 Å². The summed E-state index contributed by atoms with van der Waals surface area (Å²) in [4.78, 5) is 25.2. The van der Waals surface area contributed by atoms with Crippen molar-refractivity contribution in [3.05, 3.63) is 95.1 Å². The van der Waals surface area contributed by atoms with Gasteiger partial charge in [0.15, 0.2) is 6.29 Å². The Labute approximate surface area is 264 Å². The normalized spacial score (nSPS) is 21.9. The summed E-state index contributed by atoms with van der Waals surface area (Å²) in [6.07, 6.45) is 2.85. The summed E-state index contributed by atoms with van der Waals surface area (Å²) in [6, 6.07) is 24.1. The molecule has 0 aliphatic carbocycles. The number of aliphatic hydroxyl groups excluding tert-OH is 2. The molecule has 0 unspecified atom stereocenters. The smallest absolute Gasteiger partial charge is 0.303 e. The largest absolute Gasteiger partial charge is 0.481 e. The number of unbranched alkanes of at least 4 members (excludes halogenated alkanes) is 2. The first-order chi connectivity index (χ1) is 21.9. The highest BCUT2D eigenvalue weighted by Gasteiger charge is 2.34. The Bertz CT molecular complexity index is 1410. The van der Waals surface area contributed by atoms with E-state index in [-0.39, 0.29) is 37.2 Å². The van der Waals surface area contributed by atoms with Crippen LogP contribution in [-0.2, 0) is 32.2 Å². The monoisotopic (exact) mass is 616 g/mol. The number of nitrogens with zero attached hydrogens (tertiary/aromatic N) is 1. The highest BCUT2D eigenvalue weighted by Crippen LogP contribution is 2.39. The lowest BCUT2D eigenvalue weighted by Crippen LogP contribution is -2.38. The predicted octanol–water partition coefficient (Wildman–Crippen LogP) is 5.11. The molecular weight excluding hydrogens is 572 g/mol. The molecule has 3 aromatic rings. The van der Waals surface area contributed by atoms with Crippen LogP contribution in [0.1, 0.15) is 79.6 Å². The quantitative estimate of drug-likeness (QED) is 0.184. The minimum Gasteiger partial charge on any atom is -0.481 e. The van der Waals surface area contributed by atoms with Crippen LogP contribution in [0.2, 0.25) is 0 Å². The number of carboxylic acids is 1. The Balaban J connectivity index is 1.25. The number of nitrogens with one attached hydrogen (secondary N) is 1. The second kappa shape index (κ2) is 16.1. The van der Waals surface area contributed by atoms with Crippen molar-refractivity contribution < 1.29 is 34.4 Å². The summed E-state index contributed by atoms with van der Waals surface area (Å²) in [6.45, 7) is 2.63.